The molecule has 0 bridgehead atoms. The van der Waals surface area contributed by atoms with Crippen LogP contribution in [0.5, 0.6) is 0 Å². The first-order chi connectivity index (χ1) is 10.6. The number of amides is 2. The molecule has 1 atom stereocenters. The maximum atomic E-state index is 12.5. The summed E-state index contributed by atoms with van der Waals surface area (Å²) in [6.45, 7) is 1.75. The first-order valence-electron chi connectivity index (χ1n) is 7.34. The molecular formula is C17H20N2O3. The molecule has 1 saturated heterocycles. The number of rotatable bonds is 2. The molecule has 0 spiro atoms. The van der Waals surface area contributed by atoms with Gasteiger partial charge in [-0.05, 0) is 18.4 Å². The summed E-state index contributed by atoms with van der Waals surface area (Å²) in [5, 5.41) is 8.61. The van der Waals surface area contributed by atoms with Gasteiger partial charge in [0.2, 0.25) is 0 Å². The van der Waals surface area contributed by atoms with Gasteiger partial charge in [0.15, 0.2) is 0 Å². The number of carboxylic acids is 1. The molecule has 1 aliphatic heterocycles. The molecule has 1 N–H and O–H groups in total. The molecule has 2 amide bonds. The number of hydrogen-bond donors (Lipinski definition) is 1. The molecule has 0 aliphatic carbocycles. The van der Waals surface area contributed by atoms with Gasteiger partial charge in [-0.15, -0.1) is 0 Å². The summed E-state index contributed by atoms with van der Waals surface area (Å²) in [6.07, 6.45) is 1.69. The molecule has 2 rings (SSSR count). The standard InChI is InChI=1S/C17H20N2O3/c1-18(12-14-6-3-2-4-7-14)17(22)19-11-5-8-15(13-19)9-10-16(20)21/h2-4,6-7,15H,5,8,11-13H2,1H3,(H,20,21). The minimum atomic E-state index is -1.12. The van der Waals surface area contributed by atoms with Crippen molar-refractivity contribution in [2.45, 2.75) is 19.4 Å². The minimum absolute atomic E-state index is 0.0364. The highest BCUT2D eigenvalue weighted by molar-refractivity contribution is 5.86. The Kier molecular flexibility index (Phi) is 5.42. The Labute approximate surface area is 130 Å². The summed E-state index contributed by atoms with van der Waals surface area (Å²) in [5.41, 5.74) is 1.08. The Morgan fingerprint density at radius 3 is 2.77 bits per heavy atom. The molecule has 22 heavy (non-hydrogen) atoms. The normalized spacial score (nSPS) is 17.3. The van der Waals surface area contributed by atoms with Crippen molar-refractivity contribution in [2.75, 3.05) is 20.1 Å². The molecule has 1 aliphatic rings. The van der Waals surface area contributed by atoms with Crippen LogP contribution in [0.2, 0.25) is 0 Å². The molecule has 1 heterocycles. The Morgan fingerprint density at radius 1 is 1.36 bits per heavy atom. The van der Waals surface area contributed by atoms with Crippen molar-refractivity contribution < 1.29 is 14.7 Å². The predicted molar refractivity (Wildman–Crippen MR) is 83.0 cm³/mol. The number of aliphatic carboxylic acids is 1. The summed E-state index contributed by atoms with van der Waals surface area (Å²) in [4.78, 5) is 26.4. The first kappa shape index (κ1) is 15.9. The molecule has 116 valence electrons. The summed E-state index contributed by atoms with van der Waals surface area (Å²) in [5.74, 6) is 3.71. The molecule has 1 aromatic rings. The number of benzene rings is 1. The van der Waals surface area contributed by atoms with Crippen LogP contribution >= 0.6 is 0 Å². The van der Waals surface area contributed by atoms with Crippen LogP contribution in [-0.4, -0.2) is 47.0 Å². The summed E-state index contributed by atoms with van der Waals surface area (Å²) < 4.78 is 0. The third-order valence-electron chi connectivity index (χ3n) is 3.66. The number of carboxylic acid groups (broad SMARTS) is 1. The smallest absolute Gasteiger partial charge is 0.381 e. The molecule has 0 aromatic heterocycles. The molecular weight excluding hydrogens is 280 g/mol. The lowest BCUT2D eigenvalue weighted by molar-refractivity contribution is -0.130. The molecule has 5 heteroatoms. The molecule has 1 aromatic carbocycles. The van der Waals surface area contributed by atoms with Gasteiger partial charge in [0.05, 0.1) is 0 Å². The fraction of sp³-hybridized carbons (Fsp3) is 0.412. The van der Waals surface area contributed by atoms with Crippen molar-refractivity contribution in [1.82, 2.24) is 9.80 Å². The van der Waals surface area contributed by atoms with E-state index in [1.54, 1.807) is 16.8 Å². The Hall–Kier alpha value is -2.48. The van der Waals surface area contributed by atoms with E-state index in [1.807, 2.05) is 30.3 Å². The van der Waals surface area contributed by atoms with Crippen molar-refractivity contribution >= 4 is 12.0 Å². The topological polar surface area (TPSA) is 60.9 Å². The van der Waals surface area contributed by atoms with Gasteiger partial charge in [-0.25, -0.2) is 9.59 Å². The zero-order valence-electron chi connectivity index (χ0n) is 12.7. The van der Waals surface area contributed by atoms with Crippen molar-refractivity contribution in [3.8, 4) is 11.8 Å². The zero-order valence-corrected chi connectivity index (χ0v) is 12.7. The van der Waals surface area contributed by atoms with Crippen LogP contribution in [0.1, 0.15) is 18.4 Å². The highest BCUT2D eigenvalue weighted by Crippen LogP contribution is 2.17. The largest absolute Gasteiger partial charge is 0.472 e. The van der Waals surface area contributed by atoms with E-state index in [9.17, 15) is 9.59 Å². The van der Waals surface area contributed by atoms with E-state index in [0.717, 1.165) is 18.4 Å². The predicted octanol–water partition coefficient (Wildman–Crippen LogP) is 2.04. The van der Waals surface area contributed by atoms with Crippen LogP contribution in [-0.2, 0) is 11.3 Å². The fourth-order valence-corrected chi connectivity index (χ4v) is 2.60. The highest BCUT2D eigenvalue weighted by Gasteiger charge is 2.24. The van der Waals surface area contributed by atoms with Gasteiger partial charge in [0.1, 0.15) is 0 Å². The Balaban J connectivity index is 1.94. The third kappa shape index (κ3) is 4.52. The third-order valence-corrected chi connectivity index (χ3v) is 3.66. The van der Waals surface area contributed by atoms with Crippen LogP contribution in [0.4, 0.5) is 4.79 Å². The number of hydrogen-bond acceptors (Lipinski definition) is 2. The number of nitrogens with zero attached hydrogens (tertiary/aromatic N) is 2. The van der Waals surface area contributed by atoms with Gasteiger partial charge in [-0.2, -0.15) is 0 Å². The van der Waals surface area contributed by atoms with E-state index < -0.39 is 5.97 Å². The lowest BCUT2D eigenvalue weighted by Gasteiger charge is -2.33. The fourth-order valence-electron chi connectivity index (χ4n) is 2.60. The van der Waals surface area contributed by atoms with Gasteiger partial charge in [-0.1, -0.05) is 36.3 Å². The van der Waals surface area contributed by atoms with Crippen molar-refractivity contribution in [2.24, 2.45) is 5.92 Å². The first-order valence-corrected chi connectivity index (χ1v) is 7.34. The second-order valence-electron chi connectivity index (χ2n) is 5.48. The van der Waals surface area contributed by atoms with Gasteiger partial charge < -0.3 is 14.9 Å². The summed E-state index contributed by atoms with van der Waals surface area (Å²) in [7, 11) is 1.78. The van der Waals surface area contributed by atoms with Crippen LogP contribution in [0.25, 0.3) is 0 Å². The second kappa shape index (κ2) is 7.51. The van der Waals surface area contributed by atoms with Gasteiger partial charge in [0, 0.05) is 38.5 Å². The number of likely N-dealkylation sites (tertiary alicyclic amines) is 1. The maximum Gasteiger partial charge on any atom is 0.381 e. The van der Waals surface area contributed by atoms with E-state index in [1.165, 1.54) is 0 Å². The monoisotopic (exact) mass is 300 g/mol. The average Bonchev–Trinajstić information content (AvgIpc) is 2.53. The van der Waals surface area contributed by atoms with E-state index in [2.05, 4.69) is 11.8 Å². The lowest BCUT2D eigenvalue weighted by Crippen LogP contribution is -2.45. The number of carbonyl (C=O) groups is 2. The molecule has 1 unspecified atom stereocenters. The average molecular weight is 300 g/mol. The van der Waals surface area contributed by atoms with Crippen molar-refractivity contribution in [3.63, 3.8) is 0 Å². The van der Waals surface area contributed by atoms with Gasteiger partial charge in [-0.3, -0.25) is 0 Å². The number of piperidine rings is 1. The van der Waals surface area contributed by atoms with Crippen LogP contribution in [0, 0.1) is 17.8 Å². The number of urea groups is 1. The molecule has 0 radical (unpaired) electrons. The van der Waals surface area contributed by atoms with E-state index in [-0.39, 0.29) is 11.9 Å². The van der Waals surface area contributed by atoms with E-state index in [4.69, 9.17) is 5.11 Å². The van der Waals surface area contributed by atoms with Crippen LogP contribution in [0.15, 0.2) is 30.3 Å². The zero-order chi connectivity index (χ0) is 15.9. The molecule has 0 saturated carbocycles. The van der Waals surface area contributed by atoms with Crippen molar-refractivity contribution in [3.05, 3.63) is 35.9 Å². The molecule has 5 nitrogen and oxygen atoms in total. The Morgan fingerprint density at radius 2 is 2.09 bits per heavy atom. The van der Waals surface area contributed by atoms with E-state index in [0.29, 0.717) is 19.6 Å². The van der Waals surface area contributed by atoms with Crippen LogP contribution in [0.3, 0.4) is 0 Å². The SMILES string of the molecule is CN(Cc1ccccc1)C(=O)N1CCCC(C#CC(=O)O)C1. The summed E-state index contributed by atoms with van der Waals surface area (Å²) >= 11 is 0. The van der Waals surface area contributed by atoms with Crippen molar-refractivity contribution in [1.29, 1.82) is 0 Å². The highest BCUT2D eigenvalue weighted by atomic mass is 16.4. The minimum Gasteiger partial charge on any atom is -0.472 e. The number of carbonyl (C=O) groups excluding carboxylic acids is 1. The van der Waals surface area contributed by atoms with Crippen LogP contribution < -0.4 is 0 Å². The second-order valence-corrected chi connectivity index (χ2v) is 5.48. The van der Waals surface area contributed by atoms with E-state index >= 15 is 0 Å². The van der Waals surface area contributed by atoms with Gasteiger partial charge >= 0.3 is 12.0 Å². The quantitative estimate of drug-likeness (QED) is 0.850. The maximum absolute atomic E-state index is 12.5. The Bertz CT molecular complexity index is 589. The van der Waals surface area contributed by atoms with Gasteiger partial charge in [0.25, 0.3) is 0 Å². The summed E-state index contributed by atoms with van der Waals surface area (Å²) in [6, 6.07) is 9.79. The lowest BCUT2D eigenvalue weighted by atomic mass is 9.99. The molecule has 1 fully saturated rings.